The summed E-state index contributed by atoms with van der Waals surface area (Å²) in [6.45, 7) is 5.28. The maximum Gasteiger partial charge on any atom is 0.317 e. The first-order valence-corrected chi connectivity index (χ1v) is 6.11. The van der Waals surface area contributed by atoms with Crippen molar-refractivity contribution >= 4 is 5.97 Å². The third-order valence-electron chi connectivity index (χ3n) is 3.71. The summed E-state index contributed by atoms with van der Waals surface area (Å²) in [6.07, 6.45) is 2.16. The summed E-state index contributed by atoms with van der Waals surface area (Å²) < 4.78 is 0. The van der Waals surface area contributed by atoms with Crippen LogP contribution in [-0.2, 0) is 4.79 Å². The lowest BCUT2D eigenvalue weighted by molar-refractivity contribution is -0.138. The van der Waals surface area contributed by atoms with Gasteiger partial charge in [0, 0.05) is 6.04 Å². The van der Waals surface area contributed by atoms with Crippen LogP contribution in [0.15, 0.2) is 18.2 Å². The van der Waals surface area contributed by atoms with Crippen LogP contribution in [0.5, 0.6) is 0 Å². The molecule has 0 amide bonds. The fourth-order valence-electron chi connectivity index (χ4n) is 2.68. The number of benzene rings is 1. The Kier molecular flexibility index (Phi) is 3.48. The first-order valence-electron chi connectivity index (χ1n) is 6.11. The summed E-state index contributed by atoms with van der Waals surface area (Å²) in [6, 6.07) is 6.59. The second-order valence-electron chi connectivity index (χ2n) is 4.81. The minimum atomic E-state index is -0.734. The molecule has 0 radical (unpaired) electrons. The fourth-order valence-corrected chi connectivity index (χ4v) is 2.68. The predicted octanol–water partition coefficient (Wildman–Crippen LogP) is 2.52. The highest BCUT2D eigenvalue weighted by Crippen LogP contribution is 2.34. The van der Waals surface area contributed by atoms with Crippen molar-refractivity contribution in [3.63, 3.8) is 0 Å². The molecule has 0 spiro atoms. The van der Waals surface area contributed by atoms with Crippen LogP contribution in [0.4, 0.5) is 0 Å². The van der Waals surface area contributed by atoms with E-state index in [2.05, 4.69) is 36.9 Å². The van der Waals surface area contributed by atoms with Gasteiger partial charge in [-0.25, -0.2) is 0 Å². The van der Waals surface area contributed by atoms with Crippen molar-refractivity contribution in [2.45, 2.75) is 32.7 Å². The Bertz CT molecular complexity index is 428. The maximum atomic E-state index is 10.8. The molecule has 1 aromatic carbocycles. The second-order valence-corrected chi connectivity index (χ2v) is 4.81. The number of carbonyl (C=O) groups is 1. The molecular formula is C14H19NO2. The number of aryl methyl sites for hydroxylation is 1. The van der Waals surface area contributed by atoms with Gasteiger partial charge in [0.15, 0.2) is 0 Å². The van der Waals surface area contributed by atoms with Gasteiger partial charge in [-0.1, -0.05) is 18.2 Å². The topological polar surface area (TPSA) is 40.5 Å². The fraction of sp³-hybridized carbons (Fsp3) is 0.500. The van der Waals surface area contributed by atoms with Gasteiger partial charge in [0.25, 0.3) is 0 Å². The summed E-state index contributed by atoms with van der Waals surface area (Å²) in [5.74, 6) is -0.734. The minimum absolute atomic E-state index is 0.151. The van der Waals surface area contributed by atoms with Gasteiger partial charge < -0.3 is 5.11 Å². The number of carboxylic acid groups (broad SMARTS) is 1. The lowest BCUT2D eigenvalue weighted by Crippen LogP contribution is -2.29. The Hall–Kier alpha value is -1.35. The Morgan fingerprint density at radius 1 is 1.47 bits per heavy atom. The molecule has 2 rings (SSSR count). The zero-order valence-electron chi connectivity index (χ0n) is 10.4. The molecule has 0 saturated carbocycles. The average molecular weight is 233 g/mol. The molecule has 3 nitrogen and oxygen atoms in total. The summed E-state index contributed by atoms with van der Waals surface area (Å²) in [7, 11) is 0. The monoisotopic (exact) mass is 233 g/mol. The second kappa shape index (κ2) is 4.88. The van der Waals surface area contributed by atoms with Crippen molar-refractivity contribution in [3.05, 3.63) is 34.9 Å². The highest BCUT2D eigenvalue weighted by molar-refractivity contribution is 5.69. The van der Waals surface area contributed by atoms with E-state index in [-0.39, 0.29) is 12.6 Å². The van der Waals surface area contributed by atoms with Gasteiger partial charge in [0.2, 0.25) is 0 Å². The van der Waals surface area contributed by atoms with Crippen molar-refractivity contribution in [3.8, 4) is 0 Å². The van der Waals surface area contributed by atoms with Crippen LogP contribution in [0.25, 0.3) is 0 Å². The first kappa shape index (κ1) is 12.1. The molecule has 1 aromatic rings. The Morgan fingerprint density at radius 2 is 2.24 bits per heavy atom. The van der Waals surface area contributed by atoms with Gasteiger partial charge in [-0.2, -0.15) is 0 Å². The molecule has 92 valence electrons. The van der Waals surface area contributed by atoms with Crippen LogP contribution in [0.2, 0.25) is 0 Å². The van der Waals surface area contributed by atoms with Crippen LogP contribution >= 0.6 is 0 Å². The van der Waals surface area contributed by atoms with Crippen LogP contribution in [-0.4, -0.2) is 29.1 Å². The zero-order chi connectivity index (χ0) is 12.4. The third-order valence-corrected chi connectivity index (χ3v) is 3.71. The van der Waals surface area contributed by atoms with Crippen LogP contribution < -0.4 is 0 Å². The molecule has 1 fully saturated rings. The van der Waals surface area contributed by atoms with Crippen LogP contribution in [0.1, 0.15) is 35.6 Å². The number of likely N-dealkylation sites (tertiary alicyclic amines) is 1. The molecule has 1 aliphatic rings. The van der Waals surface area contributed by atoms with E-state index < -0.39 is 5.97 Å². The van der Waals surface area contributed by atoms with Crippen molar-refractivity contribution in [2.75, 3.05) is 13.1 Å². The molecule has 0 aliphatic carbocycles. The first-order chi connectivity index (χ1) is 8.09. The largest absolute Gasteiger partial charge is 0.480 e. The van der Waals surface area contributed by atoms with Crippen LogP contribution in [0, 0.1) is 13.8 Å². The highest BCUT2D eigenvalue weighted by Gasteiger charge is 2.28. The molecule has 0 unspecified atom stereocenters. The standard InChI is InChI=1S/C14H19NO2/c1-10-5-3-6-12(11(10)2)13-7-4-8-15(13)9-14(16)17/h3,5-6,13H,4,7-9H2,1-2H3,(H,16,17)/t13-/m0/s1. The van der Waals surface area contributed by atoms with E-state index in [0.717, 1.165) is 19.4 Å². The molecule has 1 saturated heterocycles. The molecular weight excluding hydrogens is 214 g/mol. The number of carboxylic acids is 1. The van der Waals surface area contributed by atoms with E-state index in [1.54, 1.807) is 0 Å². The van der Waals surface area contributed by atoms with Crippen molar-refractivity contribution in [2.24, 2.45) is 0 Å². The predicted molar refractivity (Wildman–Crippen MR) is 67.1 cm³/mol. The van der Waals surface area contributed by atoms with E-state index in [0.29, 0.717) is 0 Å². The highest BCUT2D eigenvalue weighted by atomic mass is 16.4. The molecule has 3 heteroatoms. The van der Waals surface area contributed by atoms with Crippen molar-refractivity contribution in [1.82, 2.24) is 4.90 Å². The number of rotatable bonds is 3. The molecule has 1 atom stereocenters. The van der Waals surface area contributed by atoms with E-state index in [4.69, 9.17) is 5.11 Å². The van der Waals surface area contributed by atoms with Crippen molar-refractivity contribution < 1.29 is 9.90 Å². The normalized spacial score (nSPS) is 20.7. The van der Waals surface area contributed by atoms with Gasteiger partial charge in [0.1, 0.15) is 0 Å². The Labute approximate surface area is 102 Å². The number of hydrogen-bond donors (Lipinski definition) is 1. The molecule has 17 heavy (non-hydrogen) atoms. The molecule has 1 aliphatic heterocycles. The van der Waals surface area contributed by atoms with Gasteiger partial charge in [0.05, 0.1) is 6.54 Å². The maximum absolute atomic E-state index is 10.8. The lowest BCUT2D eigenvalue weighted by Gasteiger charge is -2.25. The SMILES string of the molecule is Cc1cccc([C@@H]2CCCN2CC(=O)O)c1C. The Morgan fingerprint density at radius 3 is 2.94 bits per heavy atom. The van der Waals surface area contributed by atoms with Gasteiger partial charge >= 0.3 is 5.97 Å². The summed E-state index contributed by atoms with van der Waals surface area (Å²) in [5.41, 5.74) is 3.88. The zero-order valence-corrected chi connectivity index (χ0v) is 10.4. The molecule has 0 aromatic heterocycles. The van der Waals surface area contributed by atoms with E-state index in [1.807, 2.05) is 0 Å². The molecule has 1 heterocycles. The summed E-state index contributed by atoms with van der Waals surface area (Å²) in [4.78, 5) is 12.9. The Balaban J connectivity index is 2.26. The van der Waals surface area contributed by atoms with Crippen molar-refractivity contribution in [1.29, 1.82) is 0 Å². The van der Waals surface area contributed by atoms with E-state index in [9.17, 15) is 4.79 Å². The van der Waals surface area contributed by atoms with E-state index in [1.165, 1.54) is 16.7 Å². The summed E-state index contributed by atoms with van der Waals surface area (Å²) >= 11 is 0. The van der Waals surface area contributed by atoms with E-state index >= 15 is 0 Å². The molecule has 0 bridgehead atoms. The van der Waals surface area contributed by atoms with Crippen LogP contribution in [0.3, 0.4) is 0 Å². The van der Waals surface area contributed by atoms with Gasteiger partial charge in [-0.15, -0.1) is 0 Å². The number of aliphatic carboxylic acids is 1. The third kappa shape index (κ3) is 2.50. The number of hydrogen-bond acceptors (Lipinski definition) is 2. The lowest BCUT2D eigenvalue weighted by atomic mass is 9.96. The number of nitrogens with zero attached hydrogens (tertiary/aromatic N) is 1. The molecule has 1 N–H and O–H groups in total. The minimum Gasteiger partial charge on any atom is -0.480 e. The average Bonchev–Trinajstić information content (AvgIpc) is 2.69. The smallest absolute Gasteiger partial charge is 0.317 e. The van der Waals surface area contributed by atoms with Gasteiger partial charge in [-0.3, -0.25) is 9.69 Å². The summed E-state index contributed by atoms with van der Waals surface area (Å²) in [5, 5.41) is 8.92. The van der Waals surface area contributed by atoms with Gasteiger partial charge in [-0.05, 0) is 49.9 Å². The quantitative estimate of drug-likeness (QED) is 0.872.